The van der Waals surface area contributed by atoms with Crippen LogP contribution in [0.1, 0.15) is 82.5 Å². The number of carboxylic acid groups (broad SMARTS) is 1. The summed E-state index contributed by atoms with van der Waals surface area (Å²) in [6, 6.07) is 13.9. The lowest BCUT2D eigenvalue weighted by Crippen LogP contribution is -2.25. The van der Waals surface area contributed by atoms with Crippen LogP contribution in [0.4, 0.5) is 5.69 Å². The third-order valence-electron chi connectivity index (χ3n) is 7.85. The van der Waals surface area contributed by atoms with Gasteiger partial charge in [-0.05, 0) is 84.2 Å². The third kappa shape index (κ3) is 7.81. The Bertz CT molecular complexity index is 1780. The summed E-state index contributed by atoms with van der Waals surface area (Å²) in [5, 5.41) is 18.0. The van der Waals surface area contributed by atoms with Gasteiger partial charge in [0.2, 0.25) is 0 Å². The van der Waals surface area contributed by atoms with Crippen LogP contribution < -0.4 is 25.8 Å². The zero-order valence-electron chi connectivity index (χ0n) is 26.9. The van der Waals surface area contributed by atoms with Crippen molar-refractivity contribution in [2.24, 2.45) is 11.7 Å². The minimum Gasteiger partial charge on any atom is -0.493 e. The average Bonchev–Trinajstić information content (AvgIpc) is 3.46. The number of ether oxygens (including phenoxy) is 2. The number of carbonyl (C=O) groups is 3. The Morgan fingerprint density at radius 3 is 2.64 bits per heavy atom. The quantitative estimate of drug-likeness (QED) is 0.115. The molecule has 2 aromatic heterocycles. The van der Waals surface area contributed by atoms with Gasteiger partial charge >= 0.3 is 5.97 Å². The highest BCUT2D eigenvalue weighted by Crippen LogP contribution is 2.43. The fourth-order valence-corrected chi connectivity index (χ4v) is 6.38. The van der Waals surface area contributed by atoms with E-state index in [2.05, 4.69) is 29.5 Å². The van der Waals surface area contributed by atoms with Gasteiger partial charge in [0.15, 0.2) is 5.69 Å². The maximum absolute atomic E-state index is 14.3. The van der Waals surface area contributed by atoms with Crippen LogP contribution in [0.25, 0.3) is 21.6 Å². The number of rotatable bonds is 13. The van der Waals surface area contributed by atoms with Crippen LogP contribution in [-0.2, 0) is 13.0 Å². The number of benzene rings is 2. The van der Waals surface area contributed by atoms with Crippen molar-refractivity contribution in [1.29, 1.82) is 0 Å². The van der Waals surface area contributed by atoms with Crippen LogP contribution in [0.3, 0.4) is 0 Å². The second kappa shape index (κ2) is 15.2. The number of aromatic carboxylic acids is 1. The number of aromatic nitrogens is 1. The van der Waals surface area contributed by atoms with Crippen molar-refractivity contribution < 1.29 is 29.0 Å². The van der Waals surface area contributed by atoms with Gasteiger partial charge in [0.05, 0.1) is 18.9 Å². The molecule has 1 aliphatic heterocycles. The van der Waals surface area contributed by atoms with Crippen molar-refractivity contribution in [3.05, 3.63) is 82.0 Å². The molecule has 5 rings (SSSR count). The molecule has 0 unspecified atom stereocenters. The zero-order chi connectivity index (χ0) is 33.5. The topological polar surface area (TPSA) is 153 Å². The molecule has 246 valence electrons. The van der Waals surface area contributed by atoms with E-state index in [1.165, 1.54) is 12.1 Å². The van der Waals surface area contributed by atoms with Crippen LogP contribution in [-0.4, -0.2) is 47.6 Å². The number of nitrogens with one attached hydrogen (secondary N) is 2. The van der Waals surface area contributed by atoms with Crippen LogP contribution in [0.5, 0.6) is 11.5 Å². The first kappa shape index (κ1) is 33.6. The summed E-state index contributed by atoms with van der Waals surface area (Å²) < 4.78 is 12.3. The molecule has 3 heterocycles. The second-order valence-corrected chi connectivity index (χ2v) is 12.7. The number of hydrogen-bond donors (Lipinski definition) is 4. The summed E-state index contributed by atoms with van der Waals surface area (Å²) in [6.45, 7) is 7.87. The lowest BCUT2D eigenvalue weighted by Gasteiger charge is -2.18. The van der Waals surface area contributed by atoms with Gasteiger partial charge < -0.3 is 30.9 Å². The number of carbonyl (C=O) groups excluding carboxylic acids is 2. The van der Waals surface area contributed by atoms with Crippen LogP contribution in [0, 0.1) is 5.92 Å². The Labute approximate surface area is 278 Å². The van der Waals surface area contributed by atoms with Gasteiger partial charge in [-0.2, -0.15) is 0 Å². The maximum Gasteiger partial charge on any atom is 0.355 e. The van der Waals surface area contributed by atoms with E-state index in [9.17, 15) is 19.5 Å². The number of nitrogens with zero attached hydrogens (tertiary/aromatic N) is 1. The zero-order valence-corrected chi connectivity index (χ0v) is 27.7. The van der Waals surface area contributed by atoms with Gasteiger partial charge in [-0.15, -0.1) is 11.3 Å². The average molecular weight is 657 g/mol. The number of amides is 2. The standard InChI is InChI=1S/C36H40N4O6S/c1-4-13-38-35(42)29-10-8-24(32(39-29)36(43)44)25-19-30-27(33-23(11-15-46-30)12-16-47-33)18-26(25)34(41)40-28-9-7-22(20-37)17-31(28)45-14-5-6-21(2)3/h7-10,12,16-19,21H,4-6,11,13-15,20,37H2,1-3H3,(H,38,42)(H,40,41)(H,43,44). The summed E-state index contributed by atoms with van der Waals surface area (Å²) >= 11 is 1.55. The van der Waals surface area contributed by atoms with E-state index in [0.29, 0.717) is 61.4 Å². The summed E-state index contributed by atoms with van der Waals surface area (Å²) in [5.41, 5.74) is 9.40. The Morgan fingerprint density at radius 1 is 1.06 bits per heavy atom. The number of thiophene rings is 1. The highest BCUT2D eigenvalue weighted by Gasteiger charge is 2.27. The number of nitrogens with two attached hydrogens (primary N) is 1. The Morgan fingerprint density at radius 2 is 1.89 bits per heavy atom. The molecule has 10 nitrogen and oxygen atoms in total. The first-order chi connectivity index (χ1) is 22.7. The lowest BCUT2D eigenvalue weighted by atomic mass is 9.93. The normalized spacial score (nSPS) is 12.0. The SMILES string of the molecule is CCCNC(=O)c1ccc(-c2cc3c(cc2C(=O)Nc2ccc(CN)cc2OCCCC(C)C)-c2sccc2CCO3)c(C(=O)O)n1. The smallest absolute Gasteiger partial charge is 0.355 e. The van der Waals surface area contributed by atoms with Gasteiger partial charge in [0.25, 0.3) is 11.8 Å². The predicted octanol–water partition coefficient (Wildman–Crippen LogP) is 6.78. The highest BCUT2D eigenvalue weighted by atomic mass is 32.1. The van der Waals surface area contributed by atoms with Gasteiger partial charge in [0.1, 0.15) is 17.2 Å². The minimum atomic E-state index is -1.33. The third-order valence-corrected chi connectivity index (χ3v) is 8.84. The molecular weight excluding hydrogens is 616 g/mol. The van der Waals surface area contributed by atoms with Crippen molar-refractivity contribution >= 4 is 34.8 Å². The fourth-order valence-electron chi connectivity index (χ4n) is 5.40. The van der Waals surface area contributed by atoms with Crippen LogP contribution in [0.15, 0.2) is 53.9 Å². The molecule has 0 spiro atoms. The van der Waals surface area contributed by atoms with Crippen molar-refractivity contribution in [2.45, 2.75) is 53.0 Å². The summed E-state index contributed by atoms with van der Waals surface area (Å²) in [6.07, 6.45) is 3.27. The van der Waals surface area contributed by atoms with E-state index >= 15 is 0 Å². The molecule has 0 atom stereocenters. The van der Waals surface area contributed by atoms with E-state index in [0.717, 1.165) is 40.8 Å². The number of fused-ring (bicyclic) bond motifs is 3. The first-order valence-electron chi connectivity index (χ1n) is 15.9. The predicted molar refractivity (Wildman–Crippen MR) is 184 cm³/mol. The van der Waals surface area contributed by atoms with Gasteiger partial charge in [-0.1, -0.05) is 26.8 Å². The summed E-state index contributed by atoms with van der Waals surface area (Å²) in [7, 11) is 0. The molecule has 0 saturated heterocycles. The van der Waals surface area contributed by atoms with Crippen molar-refractivity contribution in [3.8, 4) is 33.1 Å². The van der Waals surface area contributed by atoms with E-state index in [1.54, 1.807) is 29.5 Å². The number of anilines is 1. The molecule has 0 bridgehead atoms. The van der Waals surface area contributed by atoms with Crippen molar-refractivity contribution in [3.63, 3.8) is 0 Å². The van der Waals surface area contributed by atoms with Crippen LogP contribution in [0.2, 0.25) is 0 Å². The maximum atomic E-state index is 14.3. The van der Waals surface area contributed by atoms with E-state index in [-0.39, 0.29) is 22.5 Å². The number of pyridine rings is 1. The Kier molecular flexibility index (Phi) is 10.9. The lowest BCUT2D eigenvalue weighted by molar-refractivity contribution is 0.0691. The van der Waals surface area contributed by atoms with Gasteiger partial charge in [-0.3, -0.25) is 9.59 Å². The first-order valence-corrected chi connectivity index (χ1v) is 16.8. The molecule has 2 amide bonds. The van der Waals surface area contributed by atoms with Crippen molar-refractivity contribution in [1.82, 2.24) is 10.3 Å². The minimum absolute atomic E-state index is 0.0286. The molecule has 5 N–H and O–H groups in total. The molecule has 0 fully saturated rings. The van der Waals surface area contributed by atoms with E-state index in [4.69, 9.17) is 15.2 Å². The van der Waals surface area contributed by atoms with Crippen LogP contribution >= 0.6 is 11.3 Å². The second-order valence-electron chi connectivity index (χ2n) is 11.8. The van der Waals surface area contributed by atoms with E-state index < -0.39 is 17.8 Å². The van der Waals surface area contributed by atoms with Gasteiger partial charge in [-0.25, -0.2) is 9.78 Å². The molecule has 2 aromatic carbocycles. The molecule has 4 aromatic rings. The van der Waals surface area contributed by atoms with E-state index in [1.807, 2.05) is 30.5 Å². The summed E-state index contributed by atoms with van der Waals surface area (Å²) in [5.74, 6) is -0.712. The molecule has 1 aliphatic rings. The largest absolute Gasteiger partial charge is 0.493 e. The Balaban J connectivity index is 1.60. The molecule has 0 saturated carbocycles. The number of carboxylic acids is 1. The van der Waals surface area contributed by atoms with Gasteiger partial charge in [0, 0.05) is 46.6 Å². The number of hydrogen-bond acceptors (Lipinski definition) is 8. The highest BCUT2D eigenvalue weighted by molar-refractivity contribution is 7.13. The molecule has 0 aliphatic carbocycles. The molecule has 47 heavy (non-hydrogen) atoms. The van der Waals surface area contributed by atoms with Crippen molar-refractivity contribution in [2.75, 3.05) is 25.1 Å². The Hall–Kier alpha value is -4.74. The fraction of sp³-hybridized carbons (Fsp3) is 0.333. The molecule has 0 radical (unpaired) electrons. The molecule has 11 heteroatoms. The molecular formula is C36H40N4O6S. The summed E-state index contributed by atoms with van der Waals surface area (Å²) in [4.78, 5) is 44.7. The monoisotopic (exact) mass is 656 g/mol.